The third-order valence-corrected chi connectivity index (χ3v) is 6.86. The van der Waals surface area contributed by atoms with Crippen molar-refractivity contribution in [1.82, 2.24) is 24.0 Å². The van der Waals surface area contributed by atoms with Gasteiger partial charge in [-0.05, 0) is 36.1 Å². The Hall–Kier alpha value is -3.36. The van der Waals surface area contributed by atoms with E-state index in [1.165, 1.54) is 15.7 Å². The van der Waals surface area contributed by atoms with E-state index in [1.54, 1.807) is 7.05 Å². The first-order valence-corrected chi connectivity index (χ1v) is 12.3. The molecule has 2 aromatic heterocycles. The Bertz CT molecular complexity index is 1430. The van der Waals surface area contributed by atoms with Crippen molar-refractivity contribution in [3.8, 4) is 0 Å². The maximum absolute atomic E-state index is 12.8. The maximum atomic E-state index is 12.8. The van der Waals surface area contributed by atoms with Gasteiger partial charge in [0.1, 0.15) is 0 Å². The minimum atomic E-state index is -0.450. The van der Waals surface area contributed by atoms with Crippen LogP contribution in [0.3, 0.4) is 0 Å². The van der Waals surface area contributed by atoms with Gasteiger partial charge in [-0.2, -0.15) is 4.98 Å². The third-order valence-electron chi connectivity index (χ3n) is 6.63. The van der Waals surface area contributed by atoms with Gasteiger partial charge in [0, 0.05) is 51.3 Å². The highest BCUT2D eigenvalue weighted by Gasteiger charge is 2.25. The fraction of sp³-hybridized carbons (Fsp3) is 0.346. The Kier molecular flexibility index (Phi) is 6.74. The van der Waals surface area contributed by atoms with Crippen LogP contribution in [0.5, 0.6) is 0 Å². The van der Waals surface area contributed by atoms with Crippen LogP contribution in [0, 0.1) is 0 Å². The molecule has 0 amide bonds. The Morgan fingerprint density at radius 3 is 2.46 bits per heavy atom. The number of nitrogens with zero attached hydrogens (tertiary/aromatic N) is 5. The highest BCUT2D eigenvalue weighted by Crippen LogP contribution is 2.23. The fourth-order valence-electron chi connectivity index (χ4n) is 4.76. The van der Waals surface area contributed by atoms with E-state index in [-0.39, 0.29) is 5.56 Å². The van der Waals surface area contributed by atoms with E-state index in [0.717, 1.165) is 56.5 Å². The van der Waals surface area contributed by atoms with Crippen molar-refractivity contribution in [1.29, 1.82) is 0 Å². The Morgan fingerprint density at radius 2 is 1.71 bits per heavy atom. The van der Waals surface area contributed by atoms with E-state index >= 15 is 0 Å². The van der Waals surface area contributed by atoms with E-state index in [4.69, 9.17) is 16.6 Å². The molecule has 0 atom stereocenters. The zero-order valence-corrected chi connectivity index (χ0v) is 20.5. The Morgan fingerprint density at radius 1 is 0.971 bits per heavy atom. The molecule has 0 saturated carbocycles. The molecule has 1 aliphatic heterocycles. The number of fused-ring (bicyclic) bond motifs is 1. The molecular formula is C26H29ClN6O2. The predicted molar refractivity (Wildman–Crippen MR) is 139 cm³/mol. The van der Waals surface area contributed by atoms with Crippen LogP contribution in [0.2, 0.25) is 5.02 Å². The first-order chi connectivity index (χ1) is 17.0. The molecule has 4 aromatic rings. The van der Waals surface area contributed by atoms with E-state index in [1.807, 2.05) is 41.0 Å². The number of aromatic amines is 1. The summed E-state index contributed by atoms with van der Waals surface area (Å²) in [7, 11) is 1.65. The van der Waals surface area contributed by atoms with Crippen LogP contribution >= 0.6 is 11.6 Å². The van der Waals surface area contributed by atoms with E-state index in [9.17, 15) is 9.59 Å². The van der Waals surface area contributed by atoms with Gasteiger partial charge in [0.15, 0.2) is 11.2 Å². The number of H-pyrrole nitrogens is 1. The summed E-state index contributed by atoms with van der Waals surface area (Å²) < 4.78 is 3.41. The van der Waals surface area contributed by atoms with Crippen LogP contribution in [0.1, 0.15) is 17.5 Å². The standard InChI is InChI=1S/C26H29ClN6O2/c1-30-23-22(24(34)29-26(30)35)33(12-6-10-19-7-3-2-4-8-19)25(28-23)32-15-13-31(14-16-32)18-20-9-5-11-21(27)17-20/h2-5,7-9,11,17H,6,10,12-16,18H2,1H3,(H,29,34,35). The largest absolute Gasteiger partial charge is 0.340 e. The molecular weight excluding hydrogens is 464 g/mol. The summed E-state index contributed by atoms with van der Waals surface area (Å²) in [6.45, 7) is 4.80. The monoisotopic (exact) mass is 492 g/mol. The van der Waals surface area contributed by atoms with Gasteiger partial charge >= 0.3 is 5.69 Å². The lowest BCUT2D eigenvalue weighted by molar-refractivity contribution is 0.248. The second kappa shape index (κ2) is 10.1. The molecule has 1 N–H and O–H groups in total. The van der Waals surface area contributed by atoms with Crippen molar-refractivity contribution in [3.05, 3.63) is 91.6 Å². The molecule has 3 heterocycles. The van der Waals surface area contributed by atoms with Crippen molar-refractivity contribution in [2.75, 3.05) is 31.1 Å². The molecule has 1 fully saturated rings. The highest BCUT2D eigenvalue weighted by molar-refractivity contribution is 6.30. The highest BCUT2D eigenvalue weighted by atomic mass is 35.5. The molecule has 9 heteroatoms. The Labute approximate surface area is 208 Å². The first kappa shape index (κ1) is 23.4. The molecule has 0 aliphatic carbocycles. The van der Waals surface area contributed by atoms with Crippen molar-refractivity contribution in [3.63, 3.8) is 0 Å². The third kappa shape index (κ3) is 5.04. The summed E-state index contributed by atoms with van der Waals surface area (Å²) >= 11 is 6.15. The minimum Gasteiger partial charge on any atom is -0.340 e. The Balaban J connectivity index is 1.38. The number of halogens is 1. The summed E-state index contributed by atoms with van der Waals surface area (Å²) in [6, 6.07) is 18.3. The molecule has 182 valence electrons. The summed E-state index contributed by atoms with van der Waals surface area (Å²) in [6.07, 6.45) is 1.76. The molecule has 0 radical (unpaired) electrons. The lowest BCUT2D eigenvalue weighted by Crippen LogP contribution is -2.46. The average molecular weight is 493 g/mol. The van der Waals surface area contributed by atoms with Crippen LogP contribution < -0.4 is 16.1 Å². The second-order valence-electron chi connectivity index (χ2n) is 9.04. The van der Waals surface area contributed by atoms with Gasteiger partial charge in [0.2, 0.25) is 5.95 Å². The summed E-state index contributed by atoms with van der Waals surface area (Å²) in [5.74, 6) is 0.752. The number of hydrogen-bond acceptors (Lipinski definition) is 5. The summed E-state index contributed by atoms with van der Waals surface area (Å²) in [4.78, 5) is 36.9. The minimum absolute atomic E-state index is 0.388. The van der Waals surface area contributed by atoms with Gasteiger partial charge in [0.05, 0.1) is 0 Å². The average Bonchev–Trinajstić information content (AvgIpc) is 3.24. The van der Waals surface area contributed by atoms with E-state index in [2.05, 4.69) is 33.0 Å². The number of rotatable bonds is 7. The van der Waals surface area contributed by atoms with Crippen molar-refractivity contribution in [2.24, 2.45) is 7.05 Å². The van der Waals surface area contributed by atoms with Gasteiger partial charge in [0.25, 0.3) is 5.56 Å². The zero-order valence-electron chi connectivity index (χ0n) is 19.8. The van der Waals surface area contributed by atoms with Crippen LogP contribution in [0.4, 0.5) is 5.95 Å². The lowest BCUT2D eigenvalue weighted by Gasteiger charge is -2.35. The molecule has 0 unspecified atom stereocenters. The number of anilines is 1. The van der Waals surface area contributed by atoms with Crippen LogP contribution in [-0.4, -0.2) is 50.2 Å². The van der Waals surface area contributed by atoms with Gasteiger partial charge in [-0.15, -0.1) is 0 Å². The quantitative estimate of drug-likeness (QED) is 0.429. The fourth-order valence-corrected chi connectivity index (χ4v) is 4.97. The van der Waals surface area contributed by atoms with Crippen molar-refractivity contribution >= 4 is 28.7 Å². The van der Waals surface area contributed by atoms with Crippen LogP contribution in [-0.2, 0) is 26.6 Å². The summed E-state index contributed by atoms with van der Waals surface area (Å²) in [5, 5.41) is 0.751. The number of hydrogen-bond donors (Lipinski definition) is 1. The van der Waals surface area contributed by atoms with Gasteiger partial charge in [-0.3, -0.25) is 19.2 Å². The molecule has 1 saturated heterocycles. The second-order valence-corrected chi connectivity index (χ2v) is 9.47. The number of aryl methyl sites for hydroxylation is 3. The molecule has 1 aliphatic rings. The van der Waals surface area contributed by atoms with Crippen molar-refractivity contribution in [2.45, 2.75) is 25.9 Å². The number of benzene rings is 2. The van der Waals surface area contributed by atoms with Gasteiger partial charge < -0.3 is 9.47 Å². The molecule has 5 rings (SSSR count). The number of imidazole rings is 1. The van der Waals surface area contributed by atoms with Crippen LogP contribution in [0.25, 0.3) is 11.2 Å². The number of nitrogens with one attached hydrogen (secondary N) is 1. The SMILES string of the molecule is Cn1c(=O)[nH]c(=O)c2c1nc(N1CCN(Cc3cccc(Cl)c3)CC1)n2CCCc1ccccc1. The molecule has 8 nitrogen and oxygen atoms in total. The van der Waals surface area contributed by atoms with Gasteiger partial charge in [-0.1, -0.05) is 54.1 Å². The summed E-state index contributed by atoms with van der Waals surface area (Å²) in [5.41, 5.74) is 2.50. The normalized spacial score (nSPS) is 14.6. The number of aromatic nitrogens is 4. The lowest BCUT2D eigenvalue weighted by atomic mass is 10.1. The first-order valence-electron chi connectivity index (χ1n) is 11.9. The van der Waals surface area contributed by atoms with Crippen molar-refractivity contribution < 1.29 is 0 Å². The predicted octanol–water partition coefficient (Wildman–Crippen LogP) is 3.03. The topological polar surface area (TPSA) is 79.2 Å². The smallest absolute Gasteiger partial charge is 0.329 e. The molecule has 2 aromatic carbocycles. The zero-order chi connectivity index (χ0) is 24.4. The van der Waals surface area contributed by atoms with Crippen LogP contribution in [0.15, 0.2) is 64.2 Å². The molecule has 35 heavy (non-hydrogen) atoms. The number of piperazine rings is 1. The molecule has 0 spiro atoms. The van der Waals surface area contributed by atoms with E-state index < -0.39 is 5.69 Å². The molecule has 0 bridgehead atoms. The van der Waals surface area contributed by atoms with Gasteiger partial charge in [-0.25, -0.2) is 4.79 Å². The maximum Gasteiger partial charge on any atom is 0.329 e. The van der Waals surface area contributed by atoms with E-state index in [0.29, 0.717) is 17.7 Å².